The van der Waals surface area contributed by atoms with Gasteiger partial charge in [-0.3, -0.25) is 4.79 Å². The Hall–Kier alpha value is -3.06. The second-order valence-electron chi connectivity index (χ2n) is 6.80. The number of rotatable bonds is 4. The molecular formula is C19H17F4N5O. The largest absolute Gasteiger partial charge is 0.451 e. The normalized spacial score (nSPS) is 21.6. The molecule has 2 aromatic rings. The average molecular weight is 407 g/mol. The van der Waals surface area contributed by atoms with Gasteiger partial charge in [-0.25, -0.2) is 14.4 Å². The molecule has 6 nitrogen and oxygen atoms in total. The Labute approximate surface area is 164 Å². The lowest BCUT2D eigenvalue weighted by molar-refractivity contribution is -0.145. The number of hydrogen-bond acceptors (Lipinski definition) is 5. The van der Waals surface area contributed by atoms with Gasteiger partial charge in [-0.1, -0.05) is 6.07 Å². The third kappa shape index (κ3) is 4.68. The van der Waals surface area contributed by atoms with Crippen molar-refractivity contribution in [3.05, 3.63) is 47.8 Å². The van der Waals surface area contributed by atoms with E-state index in [9.17, 15) is 22.4 Å². The quantitative estimate of drug-likeness (QED) is 0.761. The number of carbonyl (C=O) groups is 1. The van der Waals surface area contributed by atoms with Gasteiger partial charge in [0.15, 0.2) is 0 Å². The molecule has 0 saturated carbocycles. The van der Waals surface area contributed by atoms with E-state index in [2.05, 4.69) is 26.7 Å². The van der Waals surface area contributed by atoms with Gasteiger partial charge in [0.2, 0.25) is 11.7 Å². The van der Waals surface area contributed by atoms with Crippen LogP contribution in [-0.2, 0) is 17.5 Å². The maximum atomic E-state index is 14.1. The minimum atomic E-state index is -4.65. The number of alkyl halides is 3. The third-order valence-electron chi connectivity index (χ3n) is 4.78. The molecule has 0 unspecified atom stereocenters. The van der Waals surface area contributed by atoms with E-state index in [1.165, 1.54) is 12.1 Å². The second-order valence-corrected chi connectivity index (χ2v) is 6.80. The molecule has 2 N–H and O–H groups in total. The number of nitriles is 1. The van der Waals surface area contributed by atoms with Gasteiger partial charge >= 0.3 is 6.18 Å². The lowest BCUT2D eigenvalue weighted by Gasteiger charge is -2.13. The summed E-state index contributed by atoms with van der Waals surface area (Å²) in [5.74, 6) is -2.45. The van der Waals surface area contributed by atoms with Crippen molar-refractivity contribution >= 4 is 5.91 Å². The first-order valence-electron chi connectivity index (χ1n) is 8.80. The molecule has 3 atom stereocenters. The Morgan fingerprint density at radius 2 is 2.00 bits per heavy atom. The maximum absolute atomic E-state index is 14.1. The van der Waals surface area contributed by atoms with Crippen molar-refractivity contribution in [3.63, 3.8) is 0 Å². The second kappa shape index (κ2) is 8.13. The van der Waals surface area contributed by atoms with Crippen molar-refractivity contribution in [1.29, 1.82) is 5.26 Å². The number of nitrogens with one attached hydrogen (secondary N) is 2. The Balaban J connectivity index is 1.70. The SMILES string of the molecule is C[C@@H]1N[C@H](C(=O)NCc2cc(-c3cnc(C(F)(F)F)nc3)ccc2F)C[C@H]1C#N. The molecule has 1 aliphatic heterocycles. The zero-order valence-electron chi connectivity index (χ0n) is 15.3. The number of halogens is 4. The van der Waals surface area contributed by atoms with Crippen molar-refractivity contribution in [1.82, 2.24) is 20.6 Å². The summed E-state index contributed by atoms with van der Waals surface area (Å²) in [5.41, 5.74) is 0.869. The molecule has 2 heterocycles. The van der Waals surface area contributed by atoms with E-state index >= 15 is 0 Å². The van der Waals surface area contributed by atoms with Crippen LogP contribution in [0.2, 0.25) is 0 Å². The summed E-state index contributed by atoms with van der Waals surface area (Å²) < 4.78 is 51.9. The molecule has 0 spiro atoms. The van der Waals surface area contributed by atoms with Crippen LogP contribution in [0.3, 0.4) is 0 Å². The Bertz CT molecular complexity index is 939. The van der Waals surface area contributed by atoms with Gasteiger partial charge in [0, 0.05) is 36.1 Å². The summed E-state index contributed by atoms with van der Waals surface area (Å²) in [4.78, 5) is 18.9. The third-order valence-corrected chi connectivity index (χ3v) is 4.78. The zero-order valence-corrected chi connectivity index (χ0v) is 15.3. The van der Waals surface area contributed by atoms with Gasteiger partial charge in [0.1, 0.15) is 5.82 Å². The molecule has 1 aromatic carbocycles. The van der Waals surface area contributed by atoms with Crippen molar-refractivity contribution in [2.24, 2.45) is 5.92 Å². The molecule has 1 aromatic heterocycles. The Kier molecular flexibility index (Phi) is 5.79. The molecule has 1 fully saturated rings. The first-order chi connectivity index (χ1) is 13.7. The highest BCUT2D eigenvalue weighted by Crippen LogP contribution is 2.27. The highest BCUT2D eigenvalue weighted by atomic mass is 19.4. The number of amides is 1. The van der Waals surface area contributed by atoms with E-state index in [0.717, 1.165) is 18.5 Å². The van der Waals surface area contributed by atoms with Crippen molar-refractivity contribution in [2.45, 2.75) is 38.1 Å². The van der Waals surface area contributed by atoms with Crippen LogP contribution >= 0.6 is 0 Å². The first kappa shape index (κ1) is 20.7. The fourth-order valence-electron chi connectivity index (χ4n) is 3.13. The smallest absolute Gasteiger partial charge is 0.351 e. The highest BCUT2D eigenvalue weighted by molar-refractivity contribution is 5.82. The van der Waals surface area contributed by atoms with Crippen molar-refractivity contribution in [2.75, 3.05) is 0 Å². The predicted octanol–water partition coefficient (Wildman–Crippen LogP) is 2.81. The highest BCUT2D eigenvalue weighted by Gasteiger charge is 2.35. The van der Waals surface area contributed by atoms with Crippen LogP contribution in [0.1, 0.15) is 24.7 Å². The van der Waals surface area contributed by atoms with Crippen LogP contribution in [-0.4, -0.2) is 28.0 Å². The van der Waals surface area contributed by atoms with Gasteiger partial charge < -0.3 is 10.6 Å². The molecule has 152 valence electrons. The van der Waals surface area contributed by atoms with Gasteiger partial charge in [-0.2, -0.15) is 18.4 Å². The van der Waals surface area contributed by atoms with Gasteiger partial charge in [0.05, 0.1) is 18.0 Å². The fourth-order valence-corrected chi connectivity index (χ4v) is 3.13. The summed E-state index contributed by atoms with van der Waals surface area (Å²) >= 11 is 0. The molecule has 0 aliphatic carbocycles. The number of benzene rings is 1. The van der Waals surface area contributed by atoms with Crippen molar-refractivity contribution < 1.29 is 22.4 Å². The molecule has 29 heavy (non-hydrogen) atoms. The summed E-state index contributed by atoms with van der Waals surface area (Å²) in [6.45, 7) is 1.71. The standard InChI is InChI=1S/C19H17F4N5O/c1-10-12(6-24)5-16(28-10)17(29)25-7-13-4-11(2-3-15(13)20)14-8-26-18(27-9-14)19(21,22)23/h2-4,8-10,12,16,28H,5,7H2,1H3,(H,25,29)/t10-,12-,16-/m0/s1. The van der Waals surface area contributed by atoms with E-state index in [1.807, 2.05) is 6.92 Å². The van der Waals surface area contributed by atoms with E-state index in [0.29, 0.717) is 12.0 Å². The number of nitrogens with zero attached hydrogens (tertiary/aromatic N) is 3. The van der Waals surface area contributed by atoms with Crippen molar-refractivity contribution in [3.8, 4) is 17.2 Å². The molecule has 1 aliphatic rings. The topological polar surface area (TPSA) is 90.7 Å². The number of carbonyl (C=O) groups excluding carboxylic acids is 1. The molecule has 10 heteroatoms. The molecule has 1 saturated heterocycles. The van der Waals surface area contributed by atoms with Gasteiger partial charge in [-0.15, -0.1) is 0 Å². The summed E-state index contributed by atoms with van der Waals surface area (Å²) in [6.07, 6.45) is -2.25. The number of hydrogen-bond donors (Lipinski definition) is 2. The van der Waals surface area contributed by atoms with Crippen LogP contribution in [0.4, 0.5) is 17.6 Å². The Morgan fingerprint density at radius 3 is 2.59 bits per heavy atom. The van der Waals surface area contributed by atoms with Crippen LogP contribution in [0.25, 0.3) is 11.1 Å². The van der Waals surface area contributed by atoms with E-state index in [4.69, 9.17) is 5.26 Å². The lowest BCUT2D eigenvalue weighted by Crippen LogP contribution is -2.42. The number of aromatic nitrogens is 2. The van der Waals surface area contributed by atoms with E-state index < -0.39 is 23.9 Å². The molecular weight excluding hydrogens is 390 g/mol. The average Bonchev–Trinajstić information content (AvgIpc) is 3.07. The summed E-state index contributed by atoms with van der Waals surface area (Å²) in [6, 6.07) is 5.46. The molecule has 1 amide bonds. The van der Waals surface area contributed by atoms with Crippen LogP contribution in [0.5, 0.6) is 0 Å². The Morgan fingerprint density at radius 1 is 1.31 bits per heavy atom. The zero-order chi connectivity index (χ0) is 21.2. The van der Waals surface area contributed by atoms with E-state index in [1.54, 1.807) is 0 Å². The fraction of sp³-hybridized carbons (Fsp3) is 0.368. The minimum Gasteiger partial charge on any atom is -0.351 e. The van der Waals surface area contributed by atoms with Gasteiger partial charge in [0.25, 0.3) is 0 Å². The predicted molar refractivity (Wildman–Crippen MR) is 94.4 cm³/mol. The van der Waals surface area contributed by atoms with Crippen LogP contribution in [0.15, 0.2) is 30.6 Å². The monoisotopic (exact) mass is 407 g/mol. The van der Waals surface area contributed by atoms with Crippen LogP contribution in [0, 0.1) is 23.1 Å². The van der Waals surface area contributed by atoms with Gasteiger partial charge in [-0.05, 0) is 31.0 Å². The van der Waals surface area contributed by atoms with E-state index in [-0.39, 0.29) is 35.5 Å². The van der Waals surface area contributed by atoms with Crippen LogP contribution < -0.4 is 10.6 Å². The molecule has 3 rings (SSSR count). The lowest BCUT2D eigenvalue weighted by atomic mass is 10.0. The molecule has 0 bridgehead atoms. The summed E-state index contributed by atoms with van der Waals surface area (Å²) in [7, 11) is 0. The first-order valence-corrected chi connectivity index (χ1v) is 8.80. The maximum Gasteiger partial charge on any atom is 0.451 e. The molecule has 0 radical (unpaired) electrons. The minimum absolute atomic E-state index is 0.107. The summed E-state index contributed by atoms with van der Waals surface area (Å²) in [5, 5.41) is 14.7.